The molecule has 0 aliphatic carbocycles. The van der Waals surface area contributed by atoms with E-state index in [2.05, 4.69) is 6.92 Å². The van der Waals surface area contributed by atoms with Crippen molar-refractivity contribution in [2.45, 2.75) is 192 Å². The molecule has 0 aliphatic rings. The first-order valence-corrected chi connectivity index (χ1v) is 17.1. The number of hydrogen-bond acceptors (Lipinski definition) is 3. The molecule has 0 heterocycles. The average molecular weight is 543 g/mol. The molecule has 4 nitrogen and oxygen atoms in total. The SMILES string of the molecule is CCCCCCCCCCCCCCCCCCCCCCCCCCCCCC(O)S(=O)(=O)O.[NaH]. The molecule has 2 N–H and O–H groups in total. The summed E-state index contributed by atoms with van der Waals surface area (Å²) in [6.07, 6.45) is 36.5. The number of unbranched alkanes of at least 4 members (excludes halogenated alkanes) is 26. The maximum absolute atomic E-state index is 10.7. The molecule has 0 rings (SSSR count). The zero-order chi connectivity index (χ0) is 25.9. The molecule has 214 valence electrons. The van der Waals surface area contributed by atoms with Crippen LogP contribution in [0.1, 0.15) is 187 Å². The first-order valence-electron chi connectivity index (χ1n) is 15.6. The van der Waals surface area contributed by atoms with Crippen molar-refractivity contribution in [1.29, 1.82) is 0 Å². The Kier molecular flexibility index (Phi) is 33.0. The second-order valence-corrected chi connectivity index (χ2v) is 12.5. The summed E-state index contributed by atoms with van der Waals surface area (Å²) in [6.45, 7) is 2.29. The molecule has 0 aliphatic heterocycles. The van der Waals surface area contributed by atoms with Gasteiger partial charge in [0.2, 0.25) is 0 Å². The fourth-order valence-electron chi connectivity index (χ4n) is 4.96. The van der Waals surface area contributed by atoms with Crippen LogP contribution in [0.4, 0.5) is 0 Å². The third-order valence-electron chi connectivity index (χ3n) is 7.40. The second kappa shape index (κ2) is 30.4. The number of aliphatic hydroxyl groups is 1. The van der Waals surface area contributed by atoms with E-state index in [0.717, 1.165) is 12.8 Å². The third kappa shape index (κ3) is 31.1. The summed E-state index contributed by atoms with van der Waals surface area (Å²) in [7, 11) is -4.28. The van der Waals surface area contributed by atoms with Crippen LogP contribution in [0.3, 0.4) is 0 Å². The van der Waals surface area contributed by atoms with Crippen LogP contribution >= 0.6 is 0 Å². The van der Waals surface area contributed by atoms with Crippen molar-refractivity contribution in [2.24, 2.45) is 0 Å². The zero-order valence-corrected chi connectivity index (χ0v) is 24.3. The van der Waals surface area contributed by atoms with Crippen molar-refractivity contribution in [3.8, 4) is 0 Å². The van der Waals surface area contributed by atoms with Gasteiger partial charge >= 0.3 is 29.6 Å². The molecule has 0 saturated heterocycles. The van der Waals surface area contributed by atoms with Gasteiger partial charge in [0.15, 0.2) is 5.44 Å². The number of aliphatic hydroxyl groups excluding tert-OH is 1. The van der Waals surface area contributed by atoms with E-state index in [-0.39, 0.29) is 36.0 Å². The first-order chi connectivity index (χ1) is 17.0. The van der Waals surface area contributed by atoms with Gasteiger partial charge in [-0.3, -0.25) is 4.55 Å². The van der Waals surface area contributed by atoms with Crippen LogP contribution in [0.25, 0.3) is 0 Å². The number of rotatable bonds is 29. The van der Waals surface area contributed by atoms with Gasteiger partial charge in [-0.15, -0.1) is 0 Å². The normalized spacial score (nSPS) is 12.5. The van der Waals surface area contributed by atoms with Gasteiger partial charge in [-0.25, -0.2) is 0 Å². The van der Waals surface area contributed by atoms with Crippen molar-refractivity contribution in [3.63, 3.8) is 0 Å². The van der Waals surface area contributed by atoms with Crippen molar-refractivity contribution in [3.05, 3.63) is 0 Å². The Morgan fingerprint density at radius 2 is 0.639 bits per heavy atom. The second-order valence-electron chi connectivity index (χ2n) is 11.0. The molecule has 0 aromatic carbocycles. The molecule has 0 saturated carbocycles. The molecule has 0 aromatic heterocycles. The van der Waals surface area contributed by atoms with Crippen molar-refractivity contribution >= 4 is 39.7 Å². The number of hydrogen-bond donors (Lipinski definition) is 2. The van der Waals surface area contributed by atoms with Crippen molar-refractivity contribution in [1.82, 2.24) is 0 Å². The summed E-state index contributed by atoms with van der Waals surface area (Å²) >= 11 is 0. The van der Waals surface area contributed by atoms with Gasteiger partial charge in [-0.05, 0) is 12.8 Å². The zero-order valence-electron chi connectivity index (χ0n) is 23.5. The molecule has 6 heteroatoms. The van der Waals surface area contributed by atoms with Crippen molar-refractivity contribution in [2.75, 3.05) is 0 Å². The van der Waals surface area contributed by atoms with Gasteiger partial charge in [0.05, 0.1) is 0 Å². The molecule has 0 aromatic rings. The van der Waals surface area contributed by atoms with Crippen LogP contribution < -0.4 is 0 Å². The van der Waals surface area contributed by atoms with Crippen LogP contribution in [-0.2, 0) is 10.1 Å². The van der Waals surface area contributed by atoms with E-state index in [9.17, 15) is 13.5 Å². The standard InChI is InChI=1S/C30H62O4S.Na.H/c1-2-3-4-5-6-7-8-9-10-11-12-13-14-15-16-17-18-19-20-21-22-23-24-25-26-27-28-29-30(31)35(32,33)34;;/h30-31H,2-29H2,1H3,(H,32,33,34);;. The van der Waals surface area contributed by atoms with Crippen LogP contribution in [0.5, 0.6) is 0 Å². The van der Waals surface area contributed by atoms with Gasteiger partial charge in [-0.2, -0.15) is 8.42 Å². The topological polar surface area (TPSA) is 74.6 Å². The predicted molar refractivity (Wildman–Crippen MR) is 160 cm³/mol. The summed E-state index contributed by atoms with van der Waals surface area (Å²) < 4.78 is 30.1. The van der Waals surface area contributed by atoms with E-state index < -0.39 is 15.6 Å². The van der Waals surface area contributed by atoms with E-state index in [0.29, 0.717) is 6.42 Å². The Balaban J connectivity index is 0. The van der Waals surface area contributed by atoms with E-state index in [4.69, 9.17) is 4.55 Å². The fourth-order valence-corrected chi connectivity index (χ4v) is 5.43. The summed E-state index contributed by atoms with van der Waals surface area (Å²) in [5, 5.41) is 9.24. The minimum absolute atomic E-state index is 0. The monoisotopic (exact) mass is 542 g/mol. The quantitative estimate of drug-likeness (QED) is 0.0560. The fraction of sp³-hybridized carbons (Fsp3) is 1.00. The van der Waals surface area contributed by atoms with Gasteiger partial charge < -0.3 is 5.11 Å². The van der Waals surface area contributed by atoms with Gasteiger partial charge in [0.1, 0.15) is 0 Å². The van der Waals surface area contributed by atoms with Gasteiger partial charge in [-0.1, -0.05) is 174 Å². The third-order valence-corrected chi connectivity index (χ3v) is 8.32. The van der Waals surface area contributed by atoms with Crippen LogP contribution in [0.15, 0.2) is 0 Å². The Morgan fingerprint density at radius 1 is 0.444 bits per heavy atom. The van der Waals surface area contributed by atoms with Crippen LogP contribution in [0.2, 0.25) is 0 Å². The summed E-state index contributed by atoms with van der Waals surface area (Å²) in [4.78, 5) is 0. The average Bonchev–Trinajstić information content (AvgIpc) is 2.82. The molecule has 0 bridgehead atoms. The molecular formula is C30H63NaO4S. The van der Waals surface area contributed by atoms with Crippen molar-refractivity contribution < 1.29 is 18.1 Å². The molecule has 1 atom stereocenters. The minimum atomic E-state index is -4.28. The first kappa shape index (κ1) is 39.0. The molecule has 0 fully saturated rings. The summed E-state index contributed by atoms with van der Waals surface area (Å²) in [5.74, 6) is 0. The predicted octanol–water partition coefficient (Wildman–Crippen LogP) is 9.49. The maximum atomic E-state index is 10.7. The van der Waals surface area contributed by atoms with E-state index in [1.54, 1.807) is 0 Å². The van der Waals surface area contributed by atoms with E-state index >= 15 is 0 Å². The van der Waals surface area contributed by atoms with Gasteiger partial charge in [0, 0.05) is 0 Å². The van der Waals surface area contributed by atoms with E-state index in [1.807, 2.05) is 0 Å². The van der Waals surface area contributed by atoms with E-state index in [1.165, 1.54) is 154 Å². The van der Waals surface area contributed by atoms with Crippen LogP contribution in [0, 0.1) is 0 Å². The molecule has 0 radical (unpaired) electrons. The Bertz CT molecular complexity index is 513. The van der Waals surface area contributed by atoms with Gasteiger partial charge in [0.25, 0.3) is 10.1 Å². The Labute approximate surface area is 248 Å². The molecule has 0 amide bonds. The summed E-state index contributed by atoms with van der Waals surface area (Å²) in [6, 6.07) is 0. The molecule has 0 spiro atoms. The summed E-state index contributed by atoms with van der Waals surface area (Å²) in [5.41, 5.74) is -1.61. The van der Waals surface area contributed by atoms with Crippen LogP contribution in [-0.4, -0.2) is 53.1 Å². The Morgan fingerprint density at radius 3 is 0.833 bits per heavy atom. The Hall–Kier alpha value is 0.870. The molecule has 1 unspecified atom stereocenters. The molecular weight excluding hydrogens is 479 g/mol. The molecule has 36 heavy (non-hydrogen) atoms.